The topological polar surface area (TPSA) is 41.5 Å². The first-order valence-electron chi connectivity index (χ1n) is 6.06. The minimum Gasteiger partial charge on any atom is -0.501 e. The number of nitrogens with one attached hydrogen (secondary N) is 1. The lowest BCUT2D eigenvalue weighted by atomic mass is 10.2. The van der Waals surface area contributed by atoms with E-state index in [1.165, 1.54) is 5.57 Å². The Labute approximate surface area is 111 Å². The summed E-state index contributed by atoms with van der Waals surface area (Å²) in [6.07, 6.45) is 8.59. The van der Waals surface area contributed by atoms with Crippen LogP contribution >= 0.6 is 8.30 Å². The van der Waals surface area contributed by atoms with Crippen molar-refractivity contribution in [3.05, 3.63) is 48.0 Å². The van der Waals surface area contributed by atoms with Crippen LogP contribution in [0.2, 0.25) is 0 Å². The van der Waals surface area contributed by atoms with Gasteiger partial charge in [0.05, 0.1) is 12.9 Å². The number of hydrogen-bond acceptors (Lipinski definition) is 3. The smallest absolute Gasteiger partial charge is 0.132 e. The molecule has 0 heterocycles. The highest BCUT2D eigenvalue weighted by Gasteiger charge is 2.22. The fourth-order valence-electron chi connectivity index (χ4n) is 1.79. The van der Waals surface area contributed by atoms with E-state index in [1.807, 2.05) is 19.1 Å². The second-order valence-electron chi connectivity index (χ2n) is 4.32. The summed E-state index contributed by atoms with van der Waals surface area (Å²) >= 11 is 0. The van der Waals surface area contributed by atoms with E-state index in [2.05, 4.69) is 18.2 Å². The molecular formula is C14H22NO2P. The number of methoxy groups -OCH3 is 1. The van der Waals surface area contributed by atoms with Crippen molar-refractivity contribution in [1.29, 1.82) is 0 Å². The molecular weight excluding hydrogens is 245 g/mol. The monoisotopic (exact) mass is 267 g/mol. The second-order valence-corrected chi connectivity index (χ2v) is 5.72. The van der Waals surface area contributed by atoms with Gasteiger partial charge in [-0.25, -0.2) is 0 Å². The Morgan fingerprint density at radius 2 is 2.28 bits per heavy atom. The molecule has 1 rings (SSSR count). The van der Waals surface area contributed by atoms with Gasteiger partial charge in [-0.1, -0.05) is 24.8 Å². The van der Waals surface area contributed by atoms with Crippen LogP contribution in [-0.2, 0) is 4.74 Å². The molecule has 0 radical (unpaired) electrons. The van der Waals surface area contributed by atoms with Gasteiger partial charge in [0.15, 0.2) is 0 Å². The van der Waals surface area contributed by atoms with Crippen molar-refractivity contribution in [3.63, 3.8) is 0 Å². The highest BCUT2D eigenvalue weighted by Crippen LogP contribution is 2.40. The van der Waals surface area contributed by atoms with E-state index in [1.54, 1.807) is 13.2 Å². The van der Waals surface area contributed by atoms with Crippen LogP contribution in [0.15, 0.2) is 48.0 Å². The van der Waals surface area contributed by atoms with E-state index in [9.17, 15) is 4.89 Å². The summed E-state index contributed by atoms with van der Waals surface area (Å²) in [5, 5.41) is 4.03. The summed E-state index contributed by atoms with van der Waals surface area (Å²) in [7, 11) is 0.235. The standard InChI is InChI=1S/C14H22NO2P/c1-5-13(10-9-12(3)17-4)18(16)15-14-8-6-7-11(14)2/h5,9-10,14-16H,1-2,6-8H2,3-4H3/b12-9+,13-10+. The predicted octanol–water partition coefficient (Wildman–Crippen LogP) is 3.61. The Bertz CT molecular complexity index is 374. The second kappa shape index (κ2) is 7.52. The Kier molecular flexibility index (Phi) is 6.34. The minimum absolute atomic E-state index is 0.233. The molecule has 100 valence electrons. The van der Waals surface area contributed by atoms with E-state index in [0.717, 1.165) is 30.3 Å². The average molecular weight is 267 g/mol. The molecule has 2 N–H and O–H groups in total. The van der Waals surface area contributed by atoms with Crippen LogP contribution in [0.25, 0.3) is 0 Å². The van der Waals surface area contributed by atoms with Gasteiger partial charge in [0.25, 0.3) is 0 Å². The van der Waals surface area contributed by atoms with E-state index in [-0.39, 0.29) is 6.04 Å². The average Bonchev–Trinajstić information content (AvgIpc) is 2.75. The van der Waals surface area contributed by atoms with Crippen LogP contribution < -0.4 is 5.09 Å². The first-order valence-corrected chi connectivity index (χ1v) is 7.35. The molecule has 2 atom stereocenters. The number of hydrogen-bond donors (Lipinski definition) is 2. The predicted molar refractivity (Wildman–Crippen MR) is 78.1 cm³/mol. The van der Waals surface area contributed by atoms with Crippen LogP contribution in [0.3, 0.4) is 0 Å². The maximum Gasteiger partial charge on any atom is 0.132 e. The van der Waals surface area contributed by atoms with Crippen LogP contribution in [0.4, 0.5) is 0 Å². The maximum atomic E-state index is 10.2. The SMILES string of the molecule is C=C/C(=C\C=C(/C)OC)P(O)NC1CCCC1=C. The molecule has 0 spiro atoms. The number of allylic oxidation sites excluding steroid dienone is 5. The Balaban J connectivity index is 2.64. The first kappa shape index (κ1) is 15.2. The summed E-state index contributed by atoms with van der Waals surface area (Å²) in [4.78, 5) is 10.2. The molecule has 18 heavy (non-hydrogen) atoms. The summed E-state index contributed by atoms with van der Waals surface area (Å²) < 4.78 is 5.05. The minimum atomic E-state index is -1.39. The van der Waals surface area contributed by atoms with Crippen molar-refractivity contribution >= 4 is 8.30 Å². The van der Waals surface area contributed by atoms with E-state index < -0.39 is 8.30 Å². The molecule has 2 unspecified atom stereocenters. The molecule has 0 aromatic rings. The van der Waals surface area contributed by atoms with Crippen molar-refractivity contribution in [2.75, 3.05) is 7.11 Å². The molecule has 0 bridgehead atoms. The maximum absolute atomic E-state index is 10.2. The van der Waals surface area contributed by atoms with E-state index >= 15 is 0 Å². The van der Waals surface area contributed by atoms with Gasteiger partial charge in [0, 0.05) is 11.4 Å². The van der Waals surface area contributed by atoms with Crippen molar-refractivity contribution in [3.8, 4) is 0 Å². The van der Waals surface area contributed by atoms with E-state index in [4.69, 9.17) is 4.74 Å². The highest BCUT2D eigenvalue weighted by atomic mass is 31.2. The third kappa shape index (κ3) is 4.41. The van der Waals surface area contributed by atoms with Gasteiger partial charge in [0.1, 0.15) is 8.30 Å². The van der Waals surface area contributed by atoms with Gasteiger partial charge < -0.3 is 9.63 Å². The summed E-state index contributed by atoms with van der Waals surface area (Å²) in [6, 6.07) is 0.233. The lowest BCUT2D eigenvalue weighted by Gasteiger charge is -2.19. The first-order chi connectivity index (χ1) is 8.58. The quantitative estimate of drug-likeness (QED) is 0.334. The molecule has 0 aromatic carbocycles. The highest BCUT2D eigenvalue weighted by molar-refractivity contribution is 7.54. The lowest BCUT2D eigenvalue weighted by Crippen LogP contribution is -2.22. The van der Waals surface area contributed by atoms with Crippen molar-refractivity contribution in [2.24, 2.45) is 0 Å². The number of rotatable bonds is 6. The zero-order valence-corrected chi connectivity index (χ0v) is 12.0. The fraction of sp³-hybridized carbons (Fsp3) is 0.429. The van der Waals surface area contributed by atoms with Crippen LogP contribution in [-0.4, -0.2) is 18.0 Å². The van der Waals surface area contributed by atoms with Gasteiger partial charge in [-0.05, 0) is 38.3 Å². The molecule has 0 aliphatic heterocycles. The third-order valence-electron chi connectivity index (χ3n) is 3.03. The van der Waals surface area contributed by atoms with E-state index in [0.29, 0.717) is 0 Å². The van der Waals surface area contributed by atoms with Crippen LogP contribution in [0.5, 0.6) is 0 Å². The van der Waals surface area contributed by atoms with Crippen molar-refractivity contribution in [1.82, 2.24) is 5.09 Å². The third-order valence-corrected chi connectivity index (χ3v) is 4.40. The largest absolute Gasteiger partial charge is 0.501 e. The summed E-state index contributed by atoms with van der Waals surface area (Å²) in [5.41, 5.74) is 1.18. The zero-order chi connectivity index (χ0) is 13.5. The summed E-state index contributed by atoms with van der Waals surface area (Å²) in [6.45, 7) is 9.62. The Hall–Kier alpha value is -0.890. The van der Waals surface area contributed by atoms with Gasteiger partial charge in [0.2, 0.25) is 0 Å². The van der Waals surface area contributed by atoms with Crippen molar-refractivity contribution in [2.45, 2.75) is 32.2 Å². The fourth-order valence-corrected chi connectivity index (χ4v) is 2.93. The normalized spacial score (nSPS) is 23.1. The number of ether oxygens (including phenoxy) is 1. The molecule has 0 amide bonds. The molecule has 3 nitrogen and oxygen atoms in total. The zero-order valence-electron chi connectivity index (χ0n) is 11.1. The van der Waals surface area contributed by atoms with Gasteiger partial charge >= 0.3 is 0 Å². The Morgan fingerprint density at radius 3 is 2.78 bits per heavy atom. The molecule has 1 fully saturated rings. The molecule has 0 aromatic heterocycles. The molecule has 4 heteroatoms. The van der Waals surface area contributed by atoms with Crippen LogP contribution in [0, 0.1) is 0 Å². The molecule has 1 aliphatic rings. The van der Waals surface area contributed by atoms with Gasteiger partial charge in [-0.3, -0.25) is 5.09 Å². The van der Waals surface area contributed by atoms with Crippen molar-refractivity contribution < 1.29 is 9.63 Å². The Morgan fingerprint density at radius 1 is 1.56 bits per heavy atom. The summed E-state index contributed by atoms with van der Waals surface area (Å²) in [5.74, 6) is 0.794. The molecule has 1 saturated carbocycles. The van der Waals surface area contributed by atoms with Crippen LogP contribution in [0.1, 0.15) is 26.2 Å². The lowest BCUT2D eigenvalue weighted by molar-refractivity contribution is 0.294. The molecule has 0 saturated heterocycles. The van der Waals surface area contributed by atoms with Gasteiger partial charge in [-0.15, -0.1) is 0 Å². The van der Waals surface area contributed by atoms with Gasteiger partial charge in [-0.2, -0.15) is 0 Å². The molecule has 1 aliphatic carbocycles.